The van der Waals surface area contributed by atoms with Crippen molar-refractivity contribution in [3.05, 3.63) is 24.0 Å². The van der Waals surface area contributed by atoms with Crippen molar-refractivity contribution in [2.75, 3.05) is 19.5 Å². The smallest absolute Gasteiger partial charge is 0.264 e. The Labute approximate surface area is 98.2 Å². The maximum Gasteiger partial charge on any atom is 0.264 e. The van der Waals surface area contributed by atoms with E-state index in [4.69, 9.17) is 9.47 Å². The lowest BCUT2D eigenvalue weighted by atomic mass is 10.2. The van der Waals surface area contributed by atoms with Crippen molar-refractivity contribution in [2.45, 2.75) is 6.10 Å². The molecule has 1 heterocycles. The molecule has 1 aliphatic rings. The lowest BCUT2D eigenvalue weighted by Gasteiger charge is -2.25. The molecule has 0 saturated carbocycles. The molecule has 0 N–H and O–H groups in total. The zero-order chi connectivity index (χ0) is 12.5. The number of halogens is 1. The first-order valence-corrected chi connectivity index (χ1v) is 6.69. The number of hydrogen-bond donors (Lipinski definition) is 0. The van der Waals surface area contributed by atoms with Crippen molar-refractivity contribution in [3.8, 4) is 11.5 Å². The first-order valence-electron chi connectivity index (χ1n) is 4.87. The normalized spacial score (nSPS) is 19.1. The van der Waals surface area contributed by atoms with Gasteiger partial charge in [0.25, 0.3) is 10.1 Å². The summed E-state index contributed by atoms with van der Waals surface area (Å²) in [5, 5.41) is 0. The molecule has 94 valence electrons. The van der Waals surface area contributed by atoms with Gasteiger partial charge in [0.1, 0.15) is 19.0 Å². The average Bonchev–Trinajstić information content (AvgIpc) is 2.24. The monoisotopic (exact) mass is 262 g/mol. The van der Waals surface area contributed by atoms with Crippen LogP contribution in [0, 0.1) is 5.82 Å². The van der Waals surface area contributed by atoms with Gasteiger partial charge in [-0.25, -0.2) is 4.39 Å². The highest BCUT2D eigenvalue weighted by Gasteiger charge is 2.23. The van der Waals surface area contributed by atoms with E-state index in [9.17, 15) is 12.8 Å². The van der Waals surface area contributed by atoms with Gasteiger partial charge in [-0.15, -0.1) is 0 Å². The lowest BCUT2D eigenvalue weighted by Crippen LogP contribution is -2.34. The molecule has 0 unspecified atom stereocenters. The van der Waals surface area contributed by atoms with Crippen LogP contribution in [0.2, 0.25) is 0 Å². The predicted molar refractivity (Wildman–Crippen MR) is 57.1 cm³/mol. The molecular formula is C10H11FO5S. The molecule has 7 heteroatoms. The molecule has 1 aromatic carbocycles. The second-order valence-corrected chi connectivity index (χ2v) is 5.27. The minimum Gasteiger partial charge on any atom is -0.486 e. The maximum atomic E-state index is 12.9. The molecule has 0 aliphatic carbocycles. The van der Waals surface area contributed by atoms with Gasteiger partial charge in [0, 0.05) is 6.07 Å². The van der Waals surface area contributed by atoms with Crippen LogP contribution in [0.1, 0.15) is 0 Å². The Kier molecular flexibility index (Phi) is 3.21. The Morgan fingerprint density at radius 2 is 2.24 bits per heavy atom. The maximum absolute atomic E-state index is 12.9. The van der Waals surface area contributed by atoms with Gasteiger partial charge in [-0.05, 0) is 12.1 Å². The molecule has 0 bridgehead atoms. The summed E-state index contributed by atoms with van der Waals surface area (Å²) in [5.41, 5.74) is 0. The van der Waals surface area contributed by atoms with Crippen LogP contribution in [-0.2, 0) is 14.3 Å². The van der Waals surface area contributed by atoms with E-state index in [-0.39, 0.29) is 19.0 Å². The molecule has 0 spiro atoms. The Morgan fingerprint density at radius 3 is 2.94 bits per heavy atom. The molecule has 0 amide bonds. The fraction of sp³-hybridized carbons (Fsp3) is 0.400. The standard InChI is InChI=1S/C10H11FO5S/c1-17(12,13)15-6-8-5-14-9-3-2-7(11)4-10(9)16-8/h2-4,8H,5-6H2,1H3/t8-/m1/s1. The van der Waals surface area contributed by atoms with E-state index >= 15 is 0 Å². The molecule has 1 aromatic rings. The quantitative estimate of drug-likeness (QED) is 0.759. The molecule has 0 saturated heterocycles. The number of rotatable bonds is 3. The van der Waals surface area contributed by atoms with Crippen molar-refractivity contribution < 1.29 is 26.5 Å². The average molecular weight is 262 g/mol. The van der Waals surface area contributed by atoms with Crippen LogP contribution in [0.25, 0.3) is 0 Å². The first kappa shape index (κ1) is 12.1. The molecule has 17 heavy (non-hydrogen) atoms. The number of ether oxygens (including phenoxy) is 2. The van der Waals surface area contributed by atoms with Gasteiger partial charge in [0.2, 0.25) is 0 Å². The van der Waals surface area contributed by atoms with Crippen LogP contribution < -0.4 is 9.47 Å². The summed E-state index contributed by atoms with van der Waals surface area (Å²) >= 11 is 0. The predicted octanol–water partition coefficient (Wildman–Crippen LogP) is 0.942. The number of benzene rings is 1. The summed E-state index contributed by atoms with van der Waals surface area (Å²) in [6, 6.07) is 3.90. The highest BCUT2D eigenvalue weighted by Crippen LogP contribution is 2.32. The van der Waals surface area contributed by atoms with E-state index in [2.05, 4.69) is 4.18 Å². The molecule has 0 fully saturated rings. The van der Waals surface area contributed by atoms with Crippen LogP contribution in [0.3, 0.4) is 0 Å². The number of hydrogen-bond acceptors (Lipinski definition) is 5. The van der Waals surface area contributed by atoms with E-state index < -0.39 is 22.0 Å². The third kappa shape index (κ3) is 3.31. The van der Waals surface area contributed by atoms with E-state index in [0.717, 1.165) is 6.26 Å². The van der Waals surface area contributed by atoms with Crippen molar-refractivity contribution in [1.82, 2.24) is 0 Å². The van der Waals surface area contributed by atoms with Crippen LogP contribution in [0.4, 0.5) is 4.39 Å². The highest BCUT2D eigenvalue weighted by atomic mass is 32.2. The fourth-order valence-corrected chi connectivity index (χ4v) is 1.77. The summed E-state index contributed by atoms with van der Waals surface area (Å²) in [5.74, 6) is 0.234. The molecule has 0 radical (unpaired) electrons. The Morgan fingerprint density at radius 1 is 1.47 bits per heavy atom. The first-order chi connectivity index (χ1) is 7.94. The Hall–Kier alpha value is -1.34. The van der Waals surface area contributed by atoms with E-state index in [1.54, 1.807) is 0 Å². The van der Waals surface area contributed by atoms with Gasteiger partial charge in [0.05, 0.1) is 6.26 Å². The van der Waals surface area contributed by atoms with Gasteiger partial charge < -0.3 is 9.47 Å². The van der Waals surface area contributed by atoms with Crippen LogP contribution >= 0.6 is 0 Å². The third-order valence-electron chi connectivity index (χ3n) is 2.09. The van der Waals surface area contributed by atoms with E-state index in [1.165, 1.54) is 18.2 Å². The van der Waals surface area contributed by atoms with Crippen LogP contribution in [0.5, 0.6) is 11.5 Å². The molecular weight excluding hydrogens is 251 g/mol. The SMILES string of the molecule is CS(=O)(=O)OC[C@H]1COc2ccc(F)cc2O1. The summed E-state index contributed by atoms with van der Waals surface area (Å²) in [6.45, 7) is 0.00292. The largest absolute Gasteiger partial charge is 0.486 e. The molecule has 1 atom stereocenters. The van der Waals surface area contributed by atoms with Gasteiger partial charge in [-0.3, -0.25) is 4.18 Å². The molecule has 5 nitrogen and oxygen atoms in total. The number of fused-ring (bicyclic) bond motifs is 1. The van der Waals surface area contributed by atoms with Gasteiger partial charge in [0.15, 0.2) is 17.6 Å². The Balaban J connectivity index is 2.03. The van der Waals surface area contributed by atoms with Gasteiger partial charge >= 0.3 is 0 Å². The highest BCUT2D eigenvalue weighted by molar-refractivity contribution is 7.85. The minimum absolute atomic E-state index is 0.158. The van der Waals surface area contributed by atoms with Gasteiger partial charge in [-0.2, -0.15) is 8.42 Å². The third-order valence-corrected chi connectivity index (χ3v) is 2.66. The fourth-order valence-electron chi connectivity index (χ4n) is 1.37. The topological polar surface area (TPSA) is 61.8 Å². The zero-order valence-electron chi connectivity index (χ0n) is 9.05. The van der Waals surface area contributed by atoms with E-state index in [0.29, 0.717) is 5.75 Å². The second-order valence-electron chi connectivity index (χ2n) is 3.63. The second kappa shape index (κ2) is 4.50. The van der Waals surface area contributed by atoms with Gasteiger partial charge in [-0.1, -0.05) is 0 Å². The summed E-state index contributed by atoms with van der Waals surface area (Å²) in [7, 11) is -3.52. The zero-order valence-corrected chi connectivity index (χ0v) is 9.87. The lowest BCUT2D eigenvalue weighted by molar-refractivity contribution is 0.0554. The Bertz CT molecular complexity index is 513. The molecule has 1 aliphatic heterocycles. The summed E-state index contributed by atoms with van der Waals surface area (Å²) in [6.07, 6.45) is 0.378. The molecule has 0 aromatic heterocycles. The minimum atomic E-state index is -3.52. The van der Waals surface area contributed by atoms with E-state index in [1.807, 2.05) is 0 Å². The van der Waals surface area contributed by atoms with Crippen molar-refractivity contribution >= 4 is 10.1 Å². The van der Waals surface area contributed by atoms with Crippen LogP contribution in [0.15, 0.2) is 18.2 Å². The van der Waals surface area contributed by atoms with Crippen LogP contribution in [-0.4, -0.2) is 34.0 Å². The van der Waals surface area contributed by atoms with Crippen molar-refractivity contribution in [2.24, 2.45) is 0 Å². The van der Waals surface area contributed by atoms with Crippen molar-refractivity contribution in [3.63, 3.8) is 0 Å². The summed E-state index contributed by atoms with van der Waals surface area (Å²) in [4.78, 5) is 0. The van der Waals surface area contributed by atoms with Crippen molar-refractivity contribution in [1.29, 1.82) is 0 Å². The summed E-state index contributed by atoms with van der Waals surface area (Å²) < 4.78 is 49.8. The molecule has 2 rings (SSSR count).